The van der Waals surface area contributed by atoms with E-state index in [0.717, 1.165) is 17.9 Å². The fourth-order valence-corrected chi connectivity index (χ4v) is 4.37. The summed E-state index contributed by atoms with van der Waals surface area (Å²) in [6, 6.07) is 15.3. The number of hydrogen-bond donors (Lipinski definition) is 1. The normalized spacial score (nSPS) is 24.3. The summed E-state index contributed by atoms with van der Waals surface area (Å²) < 4.78 is 5.82. The summed E-state index contributed by atoms with van der Waals surface area (Å²) in [5.41, 5.74) is 1.58. The van der Waals surface area contributed by atoms with Gasteiger partial charge in [-0.25, -0.2) is 0 Å². The molecule has 1 amide bonds. The molecule has 2 aliphatic rings. The van der Waals surface area contributed by atoms with Crippen molar-refractivity contribution in [3.63, 3.8) is 0 Å². The molecule has 2 fully saturated rings. The van der Waals surface area contributed by atoms with Gasteiger partial charge in [-0.05, 0) is 55.4 Å². The van der Waals surface area contributed by atoms with Gasteiger partial charge in [-0.3, -0.25) is 4.79 Å². The Morgan fingerprint density at radius 3 is 2.76 bits per heavy atom. The number of nitrogens with one attached hydrogen (secondary N) is 1. The topological polar surface area (TPSA) is 38.3 Å². The summed E-state index contributed by atoms with van der Waals surface area (Å²) in [4.78, 5) is 12.6. The first-order chi connectivity index (χ1) is 12.2. The molecule has 3 atom stereocenters. The standard InChI is InChI=1S/C21H22ClNO2/c22-19-7-2-1-4-17(19)13-25-18-6-3-5-16(12-18)21(24)23-20-11-14-8-9-15(20)10-14/h1-7,12,14-15,20H,8-11,13H2,(H,23,24)/t14-,15-,20+/m0/s1. The number of halogens is 1. The molecular formula is C21H22ClNO2. The van der Waals surface area contributed by atoms with Crippen LogP contribution in [-0.4, -0.2) is 11.9 Å². The van der Waals surface area contributed by atoms with Crippen molar-refractivity contribution < 1.29 is 9.53 Å². The Kier molecular flexibility index (Phi) is 4.67. The molecule has 4 heteroatoms. The number of carbonyl (C=O) groups is 1. The lowest BCUT2D eigenvalue weighted by Crippen LogP contribution is -2.38. The summed E-state index contributed by atoms with van der Waals surface area (Å²) in [6.07, 6.45) is 5.02. The van der Waals surface area contributed by atoms with E-state index < -0.39 is 0 Å². The van der Waals surface area contributed by atoms with E-state index >= 15 is 0 Å². The van der Waals surface area contributed by atoms with Crippen LogP contribution in [-0.2, 0) is 6.61 Å². The Balaban J connectivity index is 1.39. The Labute approximate surface area is 153 Å². The number of ether oxygens (including phenoxy) is 1. The van der Waals surface area contributed by atoms with Crippen LogP contribution in [0.15, 0.2) is 48.5 Å². The van der Waals surface area contributed by atoms with Crippen LogP contribution in [0, 0.1) is 11.8 Å². The van der Waals surface area contributed by atoms with Gasteiger partial charge in [0.1, 0.15) is 12.4 Å². The van der Waals surface area contributed by atoms with Crippen molar-refractivity contribution in [2.45, 2.75) is 38.3 Å². The second-order valence-electron chi connectivity index (χ2n) is 7.16. The zero-order chi connectivity index (χ0) is 17.2. The lowest BCUT2D eigenvalue weighted by Gasteiger charge is -2.23. The first-order valence-corrected chi connectivity index (χ1v) is 9.34. The fourth-order valence-electron chi connectivity index (χ4n) is 4.18. The van der Waals surface area contributed by atoms with E-state index in [1.165, 1.54) is 19.3 Å². The molecule has 4 rings (SSSR count). The number of fused-ring (bicyclic) bond motifs is 2. The molecule has 0 unspecified atom stereocenters. The monoisotopic (exact) mass is 355 g/mol. The van der Waals surface area contributed by atoms with Crippen molar-refractivity contribution in [3.05, 3.63) is 64.7 Å². The third kappa shape index (κ3) is 3.67. The Morgan fingerprint density at radius 2 is 2.00 bits per heavy atom. The number of amides is 1. The number of carbonyl (C=O) groups excluding carboxylic acids is 1. The minimum Gasteiger partial charge on any atom is -0.489 e. The van der Waals surface area contributed by atoms with Gasteiger partial charge in [0, 0.05) is 22.2 Å². The SMILES string of the molecule is O=C(N[C@@H]1C[C@H]2CC[C@H]1C2)c1cccc(OCc2ccccc2Cl)c1. The highest BCUT2D eigenvalue weighted by molar-refractivity contribution is 6.31. The van der Waals surface area contributed by atoms with E-state index in [0.29, 0.717) is 34.9 Å². The summed E-state index contributed by atoms with van der Waals surface area (Å²) >= 11 is 6.15. The highest BCUT2D eigenvalue weighted by Gasteiger charge is 2.40. The Bertz CT molecular complexity index is 776. The van der Waals surface area contributed by atoms with Crippen molar-refractivity contribution in [3.8, 4) is 5.75 Å². The predicted molar refractivity (Wildman–Crippen MR) is 98.9 cm³/mol. The van der Waals surface area contributed by atoms with Gasteiger partial charge in [-0.15, -0.1) is 0 Å². The Hall–Kier alpha value is -2.00. The fraction of sp³-hybridized carbons (Fsp3) is 0.381. The summed E-state index contributed by atoms with van der Waals surface area (Å²) in [5.74, 6) is 2.18. The molecule has 2 bridgehead atoms. The van der Waals surface area contributed by atoms with Crippen LogP contribution in [0.1, 0.15) is 41.6 Å². The maximum Gasteiger partial charge on any atom is 0.251 e. The molecule has 0 saturated heterocycles. The summed E-state index contributed by atoms with van der Waals surface area (Å²) in [6.45, 7) is 0.386. The van der Waals surface area contributed by atoms with Crippen molar-refractivity contribution >= 4 is 17.5 Å². The predicted octanol–water partition coefficient (Wildman–Crippen LogP) is 4.84. The van der Waals surface area contributed by atoms with E-state index in [9.17, 15) is 4.79 Å². The van der Waals surface area contributed by atoms with Crippen LogP contribution < -0.4 is 10.1 Å². The average Bonchev–Trinajstić information content (AvgIpc) is 3.24. The highest BCUT2D eigenvalue weighted by atomic mass is 35.5. The van der Waals surface area contributed by atoms with Crippen LogP contribution in [0.3, 0.4) is 0 Å². The number of benzene rings is 2. The van der Waals surface area contributed by atoms with Crippen LogP contribution in [0.5, 0.6) is 5.75 Å². The van der Waals surface area contributed by atoms with Crippen LogP contribution in [0.4, 0.5) is 0 Å². The molecule has 0 aromatic heterocycles. The van der Waals surface area contributed by atoms with Crippen LogP contribution in [0.2, 0.25) is 5.02 Å². The third-order valence-electron chi connectivity index (χ3n) is 5.50. The van der Waals surface area contributed by atoms with E-state index in [-0.39, 0.29) is 5.91 Å². The molecule has 2 aromatic rings. The molecule has 0 spiro atoms. The first kappa shape index (κ1) is 16.5. The molecular weight excluding hydrogens is 334 g/mol. The zero-order valence-corrected chi connectivity index (χ0v) is 14.8. The van der Waals surface area contributed by atoms with Crippen molar-refractivity contribution in [1.82, 2.24) is 5.32 Å². The zero-order valence-electron chi connectivity index (χ0n) is 14.1. The minimum atomic E-state index is 0.000688. The molecule has 0 aliphatic heterocycles. The van der Waals surface area contributed by atoms with Crippen molar-refractivity contribution in [2.75, 3.05) is 0 Å². The van der Waals surface area contributed by atoms with Gasteiger partial charge >= 0.3 is 0 Å². The van der Waals surface area contributed by atoms with E-state index in [1.54, 1.807) is 6.07 Å². The van der Waals surface area contributed by atoms with E-state index in [2.05, 4.69) is 5.32 Å². The number of rotatable bonds is 5. The second-order valence-corrected chi connectivity index (χ2v) is 7.57. The smallest absolute Gasteiger partial charge is 0.251 e. The maximum absolute atomic E-state index is 12.6. The molecule has 3 nitrogen and oxygen atoms in total. The quantitative estimate of drug-likeness (QED) is 0.833. The molecule has 0 heterocycles. The molecule has 2 aromatic carbocycles. The Morgan fingerprint density at radius 1 is 1.12 bits per heavy atom. The van der Waals surface area contributed by atoms with Crippen molar-refractivity contribution in [1.29, 1.82) is 0 Å². The molecule has 1 N–H and O–H groups in total. The average molecular weight is 356 g/mol. The molecule has 25 heavy (non-hydrogen) atoms. The van der Waals surface area contributed by atoms with Crippen LogP contribution >= 0.6 is 11.6 Å². The second kappa shape index (κ2) is 7.09. The molecule has 130 valence electrons. The van der Waals surface area contributed by atoms with Crippen LogP contribution in [0.25, 0.3) is 0 Å². The van der Waals surface area contributed by atoms with Crippen molar-refractivity contribution in [2.24, 2.45) is 11.8 Å². The first-order valence-electron chi connectivity index (χ1n) is 8.96. The summed E-state index contributed by atoms with van der Waals surface area (Å²) in [5, 5.41) is 3.91. The van der Waals surface area contributed by atoms with Gasteiger partial charge in [0.15, 0.2) is 0 Å². The van der Waals surface area contributed by atoms with Gasteiger partial charge in [-0.1, -0.05) is 42.3 Å². The molecule has 2 saturated carbocycles. The van der Waals surface area contributed by atoms with Gasteiger partial charge in [0.05, 0.1) is 0 Å². The highest BCUT2D eigenvalue weighted by Crippen LogP contribution is 2.44. The minimum absolute atomic E-state index is 0.000688. The van der Waals surface area contributed by atoms with Gasteiger partial charge in [-0.2, -0.15) is 0 Å². The van der Waals surface area contributed by atoms with Gasteiger partial charge in [0.2, 0.25) is 0 Å². The maximum atomic E-state index is 12.6. The van der Waals surface area contributed by atoms with E-state index in [4.69, 9.17) is 16.3 Å². The summed E-state index contributed by atoms with van der Waals surface area (Å²) in [7, 11) is 0. The largest absolute Gasteiger partial charge is 0.489 e. The lowest BCUT2D eigenvalue weighted by molar-refractivity contribution is 0.0922. The third-order valence-corrected chi connectivity index (χ3v) is 5.87. The number of hydrogen-bond acceptors (Lipinski definition) is 2. The van der Waals surface area contributed by atoms with Gasteiger partial charge < -0.3 is 10.1 Å². The lowest BCUT2D eigenvalue weighted by atomic mass is 9.95. The van der Waals surface area contributed by atoms with Gasteiger partial charge in [0.25, 0.3) is 5.91 Å². The molecule has 2 aliphatic carbocycles. The molecule has 0 radical (unpaired) electrons. The van der Waals surface area contributed by atoms with E-state index in [1.807, 2.05) is 42.5 Å².